The van der Waals surface area contributed by atoms with Crippen molar-refractivity contribution in [1.29, 1.82) is 0 Å². The van der Waals surface area contributed by atoms with Crippen molar-refractivity contribution < 1.29 is 0 Å². The zero-order valence-electron chi connectivity index (χ0n) is 44.6. The second-order valence-corrected chi connectivity index (χ2v) is 22.9. The summed E-state index contributed by atoms with van der Waals surface area (Å²) in [5, 5.41) is 10.4. The highest BCUT2D eigenvalue weighted by atomic mass is 14.9. The Kier molecular flexibility index (Phi) is 8.69. The third kappa shape index (κ3) is 5.40. The van der Waals surface area contributed by atoms with Crippen LogP contribution in [-0.4, -0.2) is 8.80 Å². The molecule has 4 aromatic heterocycles. The lowest BCUT2D eigenvalue weighted by molar-refractivity contribution is 0.769. The molecule has 0 radical (unpaired) electrons. The zero-order chi connectivity index (χ0) is 53.4. The summed E-state index contributed by atoms with van der Waals surface area (Å²) in [6, 6.07) is 110. The summed E-state index contributed by atoms with van der Waals surface area (Å²) >= 11 is 0. The number of hydrogen-bond acceptors (Lipinski definition) is 0. The van der Waals surface area contributed by atoms with Crippen LogP contribution < -0.4 is 0 Å². The lowest BCUT2D eigenvalue weighted by Gasteiger charge is -2.34. The average Bonchev–Trinajstić information content (AvgIpc) is 1.92. The van der Waals surface area contributed by atoms with Crippen LogP contribution in [-0.2, 0) is 10.8 Å². The Morgan fingerprint density at radius 2 is 0.500 bits per heavy atom. The Balaban J connectivity index is 0.847. The van der Waals surface area contributed by atoms with E-state index >= 15 is 0 Å². The molecule has 0 spiro atoms. The van der Waals surface area contributed by atoms with E-state index in [4.69, 9.17) is 0 Å². The van der Waals surface area contributed by atoms with E-state index in [0.717, 1.165) is 0 Å². The molecule has 0 N–H and O–H groups in total. The molecule has 0 unspecified atom stereocenters. The van der Waals surface area contributed by atoms with E-state index in [9.17, 15) is 0 Å². The maximum Gasteiger partial charge on any atom is 0.0713 e. The van der Waals surface area contributed by atoms with Crippen LogP contribution in [0, 0.1) is 0 Å². The van der Waals surface area contributed by atoms with Gasteiger partial charge in [-0.05, 0) is 125 Å². The van der Waals surface area contributed by atoms with Gasteiger partial charge in [0.2, 0.25) is 0 Å². The average molecular weight is 1040 g/mol. The molecule has 4 heterocycles. The van der Waals surface area contributed by atoms with Gasteiger partial charge in [-0.1, -0.05) is 255 Å². The van der Waals surface area contributed by atoms with Gasteiger partial charge in [0, 0.05) is 43.1 Å². The van der Waals surface area contributed by atoms with E-state index in [-0.39, 0.29) is 0 Å². The molecule has 0 saturated carbocycles. The van der Waals surface area contributed by atoms with Gasteiger partial charge in [0.15, 0.2) is 0 Å². The van der Waals surface area contributed by atoms with Crippen molar-refractivity contribution in [1.82, 2.24) is 8.80 Å². The molecule has 0 saturated heterocycles. The molecule has 13 aromatic carbocycles. The van der Waals surface area contributed by atoms with Gasteiger partial charge in [-0.2, -0.15) is 0 Å². The molecule has 0 amide bonds. The highest BCUT2D eigenvalue weighted by molar-refractivity contribution is 6.45. The first-order valence-electron chi connectivity index (χ1n) is 28.7. The van der Waals surface area contributed by atoms with Gasteiger partial charge in [0.05, 0.1) is 43.9 Å². The van der Waals surface area contributed by atoms with E-state index in [1.54, 1.807) is 0 Å². The third-order valence-electron chi connectivity index (χ3n) is 19.3. The Morgan fingerprint density at radius 1 is 0.207 bits per heavy atom. The Labute approximate surface area is 473 Å². The van der Waals surface area contributed by atoms with E-state index < -0.39 is 10.8 Å². The van der Waals surface area contributed by atoms with E-state index in [1.807, 2.05) is 0 Å². The van der Waals surface area contributed by atoms with Gasteiger partial charge >= 0.3 is 0 Å². The smallest absolute Gasteiger partial charge is 0.0713 e. The molecule has 82 heavy (non-hydrogen) atoms. The fourth-order valence-electron chi connectivity index (χ4n) is 16.2. The van der Waals surface area contributed by atoms with Crippen molar-refractivity contribution in [3.05, 3.63) is 336 Å². The van der Waals surface area contributed by atoms with Gasteiger partial charge in [-0.3, -0.25) is 0 Å². The second-order valence-electron chi connectivity index (χ2n) is 22.9. The van der Waals surface area contributed by atoms with Crippen LogP contribution in [0.5, 0.6) is 0 Å². The lowest BCUT2D eigenvalue weighted by atomic mass is 9.67. The molecule has 2 aliphatic carbocycles. The quantitative estimate of drug-likeness (QED) is 0.157. The molecule has 378 valence electrons. The van der Waals surface area contributed by atoms with E-state index in [2.05, 4.69) is 300 Å². The maximum absolute atomic E-state index is 2.60. The van der Waals surface area contributed by atoms with Gasteiger partial charge in [0.25, 0.3) is 0 Å². The molecule has 2 nitrogen and oxygen atoms in total. The normalized spacial score (nSPS) is 14.0. The summed E-state index contributed by atoms with van der Waals surface area (Å²) < 4.78 is 5.20. The molecule has 0 bridgehead atoms. The summed E-state index contributed by atoms with van der Waals surface area (Å²) in [4.78, 5) is 0. The van der Waals surface area contributed by atoms with Crippen LogP contribution in [0.2, 0.25) is 0 Å². The van der Waals surface area contributed by atoms with Crippen molar-refractivity contribution in [2.75, 3.05) is 0 Å². The van der Waals surface area contributed by atoms with Crippen LogP contribution in [0.1, 0.15) is 44.5 Å². The Hall–Kier alpha value is -10.5. The van der Waals surface area contributed by atoms with Gasteiger partial charge in [-0.25, -0.2) is 0 Å². The number of benzene rings is 13. The molecular weight excluding hydrogens is 989 g/mol. The SMILES string of the molecule is c1ccc(C2(c3ccccc3)c3ccccc3-c3ccc(-c4ccc5c6c7c8ccccc8n8c9cc(-c%10ccc%11c(c%10)C(c%10ccccc%10)(c%10ccccc%10)c%10ccccc%10-%11)ccc9c(c9c%10ccccc%10n(c5c4)c96)c78)cc32)cc1. The molecule has 0 fully saturated rings. The fourth-order valence-corrected chi connectivity index (χ4v) is 16.2. The number of para-hydroxylation sites is 2. The first kappa shape index (κ1) is 44.3. The van der Waals surface area contributed by atoms with Crippen molar-refractivity contribution in [3.63, 3.8) is 0 Å². The van der Waals surface area contributed by atoms with Crippen LogP contribution in [0.25, 0.3) is 121 Å². The van der Waals surface area contributed by atoms with Crippen LogP contribution in [0.3, 0.4) is 0 Å². The number of aromatic nitrogens is 2. The van der Waals surface area contributed by atoms with Gasteiger partial charge < -0.3 is 8.80 Å². The van der Waals surface area contributed by atoms with Gasteiger partial charge in [-0.15, -0.1) is 0 Å². The molecular formula is C80H48N2. The highest BCUT2D eigenvalue weighted by Gasteiger charge is 2.48. The van der Waals surface area contributed by atoms with E-state index in [0.29, 0.717) is 0 Å². The first-order valence-corrected chi connectivity index (χ1v) is 28.7. The van der Waals surface area contributed by atoms with E-state index in [1.165, 1.54) is 165 Å². The number of nitrogens with zero attached hydrogens (tertiary/aromatic N) is 2. The summed E-state index contributed by atoms with van der Waals surface area (Å²) in [5.74, 6) is 0. The second kappa shape index (κ2) is 16.1. The topological polar surface area (TPSA) is 8.82 Å². The van der Waals surface area contributed by atoms with Crippen molar-refractivity contribution in [3.8, 4) is 44.5 Å². The number of rotatable bonds is 6. The molecule has 17 aromatic rings. The summed E-state index contributed by atoms with van der Waals surface area (Å²) in [6.45, 7) is 0. The monoisotopic (exact) mass is 1040 g/mol. The fraction of sp³-hybridized carbons (Fsp3) is 0.0250. The minimum absolute atomic E-state index is 0.481. The third-order valence-corrected chi connectivity index (χ3v) is 19.3. The molecule has 19 rings (SSSR count). The zero-order valence-corrected chi connectivity index (χ0v) is 44.6. The van der Waals surface area contributed by atoms with Crippen molar-refractivity contribution in [2.24, 2.45) is 0 Å². The minimum atomic E-state index is -0.481. The summed E-state index contributed by atoms with van der Waals surface area (Å²) in [6.07, 6.45) is 0. The predicted octanol–water partition coefficient (Wildman–Crippen LogP) is 20.0. The molecule has 2 aliphatic rings. The summed E-state index contributed by atoms with van der Waals surface area (Å²) in [5.41, 5.74) is 26.9. The van der Waals surface area contributed by atoms with Gasteiger partial charge in [0.1, 0.15) is 0 Å². The minimum Gasteiger partial charge on any atom is -0.308 e. The molecule has 0 aliphatic heterocycles. The standard InChI is InChI=1S/C80H48N2/c1-5-21-53(22-6-1)79(54-23-7-2-8-24-54)65-33-17-13-29-57(65)59-41-37-49(45-67(59)79)51-39-43-63-71(47-51)81-69-35-19-15-31-61(69)74-76-64-44-40-52(48-72(64)82-70-36-20-16-32-62(70)73(78(76)82)75(63)77(74)81)50-38-42-60-58-30-14-18-34-66(58)80(68(60)46-50,55-25-9-3-10-26-55)56-27-11-4-12-28-56/h1-48H. The van der Waals surface area contributed by atoms with Crippen molar-refractivity contribution in [2.45, 2.75) is 10.8 Å². The molecule has 0 atom stereocenters. The van der Waals surface area contributed by atoms with Crippen LogP contribution in [0.15, 0.2) is 291 Å². The Morgan fingerprint density at radius 3 is 0.890 bits per heavy atom. The number of fused-ring (bicyclic) bond motifs is 20. The largest absolute Gasteiger partial charge is 0.308 e. The lowest BCUT2D eigenvalue weighted by Crippen LogP contribution is -2.28. The Bertz CT molecular complexity index is 5070. The molecule has 2 heteroatoms. The maximum atomic E-state index is 2.60. The van der Waals surface area contributed by atoms with Crippen LogP contribution >= 0.6 is 0 Å². The first-order chi connectivity index (χ1) is 40.7. The predicted molar refractivity (Wildman–Crippen MR) is 341 cm³/mol. The summed E-state index contributed by atoms with van der Waals surface area (Å²) in [7, 11) is 0. The number of hydrogen-bond donors (Lipinski definition) is 0. The van der Waals surface area contributed by atoms with Crippen molar-refractivity contribution >= 4 is 76.2 Å². The highest BCUT2D eigenvalue weighted by Crippen LogP contribution is 2.59. The van der Waals surface area contributed by atoms with Crippen LogP contribution in [0.4, 0.5) is 0 Å².